The third-order valence-electron chi connectivity index (χ3n) is 13.6. The zero-order chi connectivity index (χ0) is 50.1. The molecule has 1 amide bonds. The smallest absolute Gasteiger partial charge is 0.220 e. The molecule has 0 bridgehead atoms. The molecule has 1 aliphatic heterocycles. The molecule has 9 heteroatoms. The van der Waals surface area contributed by atoms with Gasteiger partial charge in [0.1, 0.15) is 24.4 Å². The highest BCUT2D eigenvalue weighted by Gasteiger charge is 2.44. The summed E-state index contributed by atoms with van der Waals surface area (Å²) in [6, 6.07) is -0.839. The maximum Gasteiger partial charge on any atom is 0.220 e. The van der Waals surface area contributed by atoms with Crippen molar-refractivity contribution in [3.63, 3.8) is 0 Å². The summed E-state index contributed by atoms with van der Waals surface area (Å²) in [5.41, 5.74) is 0. The SMILES string of the molecule is CC/C=C\C/C=C\C/C=C\CCCCCC(=O)NC(COC1OC(CO)C(O)C(O)C1O)C(O)/C=C/CC/C=C/CCCCCCCCCCCCCCCCCCCCCCCCCCCCC. The van der Waals surface area contributed by atoms with Crippen LogP contribution >= 0.6 is 0 Å². The van der Waals surface area contributed by atoms with Crippen molar-refractivity contribution in [1.82, 2.24) is 5.32 Å². The van der Waals surface area contributed by atoms with E-state index >= 15 is 0 Å². The van der Waals surface area contributed by atoms with Crippen molar-refractivity contribution in [2.75, 3.05) is 13.2 Å². The van der Waals surface area contributed by atoms with Gasteiger partial charge in [0.05, 0.1) is 25.4 Å². The summed E-state index contributed by atoms with van der Waals surface area (Å²) in [6.45, 7) is 3.64. The Balaban J connectivity index is 2.16. The molecule has 1 fully saturated rings. The zero-order valence-corrected chi connectivity index (χ0v) is 44.6. The average Bonchev–Trinajstić information content (AvgIpc) is 3.35. The van der Waals surface area contributed by atoms with Crippen molar-refractivity contribution in [2.24, 2.45) is 0 Å². The second kappa shape index (κ2) is 49.5. The van der Waals surface area contributed by atoms with Gasteiger partial charge in [0.2, 0.25) is 5.91 Å². The molecule has 7 unspecified atom stereocenters. The number of carbonyl (C=O) groups is 1. The first-order valence-electron chi connectivity index (χ1n) is 29.0. The normalized spacial score (nSPS) is 19.9. The lowest BCUT2D eigenvalue weighted by molar-refractivity contribution is -0.302. The second-order valence-electron chi connectivity index (χ2n) is 20.0. The van der Waals surface area contributed by atoms with Gasteiger partial charge in [0.25, 0.3) is 0 Å². The number of rotatable bonds is 49. The fourth-order valence-electron chi connectivity index (χ4n) is 9.01. The number of unbranched alkanes of at least 4 members (excludes halogenated alkanes) is 31. The molecular weight excluding hydrogens is 863 g/mol. The van der Waals surface area contributed by atoms with E-state index in [1.54, 1.807) is 6.08 Å². The predicted octanol–water partition coefficient (Wildman–Crippen LogP) is 14.3. The highest BCUT2D eigenvalue weighted by atomic mass is 16.7. The Morgan fingerprint density at radius 2 is 0.913 bits per heavy atom. The van der Waals surface area contributed by atoms with Crippen LogP contribution in [0.15, 0.2) is 60.8 Å². The van der Waals surface area contributed by atoms with E-state index in [2.05, 4.69) is 67.8 Å². The lowest BCUT2D eigenvalue weighted by Crippen LogP contribution is -2.60. The molecule has 0 aromatic rings. The molecule has 1 saturated heterocycles. The van der Waals surface area contributed by atoms with E-state index in [4.69, 9.17) is 9.47 Å². The molecule has 0 aromatic carbocycles. The standard InChI is InChI=1S/C60H109NO8/c1-3-5-7-9-11-13-15-17-18-19-20-21-22-23-24-25-26-27-28-29-30-31-32-33-34-35-36-38-39-41-43-45-47-49-54(63)53(52-68-60-59(67)58(66)57(65)55(51-62)69-60)61-56(64)50-48-46-44-42-40-37-16-14-12-10-8-6-4-2/h6,8,12,14,37,39-41,47,49,53-55,57-60,62-63,65-67H,3-5,7,9-11,13,15-36,38,42-46,48,50-52H2,1-2H3,(H,61,64)/b8-6-,14-12-,40-37-,41-39+,49-47+. The fraction of sp³-hybridized carbons (Fsp3) is 0.817. The van der Waals surface area contributed by atoms with Crippen LogP contribution in [0.2, 0.25) is 0 Å². The number of carbonyl (C=O) groups excluding carboxylic acids is 1. The van der Waals surface area contributed by atoms with Gasteiger partial charge < -0.3 is 40.3 Å². The fourth-order valence-corrected chi connectivity index (χ4v) is 9.01. The quantitative estimate of drug-likeness (QED) is 0.0261. The van der Waals surface area contributed by atoms with E-state index in [0.717, 1.165) is 57.8 Å². The summed E-state index contributed by atoms with van der Waals surface area (Å²) in [5.74, 6) is -0.216. The van der Waals surface area contributed by atoms with Gasteiger partial charge in [-0.25, -0.2) is 0 Å². The summed E-state index contributed by atoms with van der Waals surface area (Å²) in [4.78, 5) is 13.0. The minimum absolute atomic E-state index is 0.215. The number of nitrogens with one attached hydrogen (secondary N) is 1. The highest BCUT2D eigenvalue weighted by Crippen LogP contribution is 2.23. The lowest BCUT2D eigenvalue weighted by Gasteiger charge is -2.40. The molecule has 0 aromatic heterocycles. The monoisotopic (exact) mass is 972 g/mol. The highest BCUT2D eigenvalue weighted by molar-refractivity contribution is 5.76. The van der Waals surface area contributed by atoms with E-state index in [-0.39, 0.29) is 12.5 Å². The van der Waals surface area contributed by atoms with Gasteiger partial charge in [0, 0.05) is 6.42 Å². The Morgan fingerprint density at radius 1 is 0.507 bits per heavy atom. The lowest BCUT2D eigenvalue weighted by atomic mass is 9.99. The Hall–Kier alpha value is -2.11. The maximum atomic E-state index is 13.0. The van der Waals surface area contributed by atoms with Gasteiger partial charge in [-0.15, -0.1) is 0 Å². The van der Waals surface area contributed by atoms with E-state index in [9.17, 15) is 30.3 Å². The molecule has 69 heavy (non-hydrogen) atoms. The summed E-state index contributed by atoms with van der Waals surface area (Å²) in [7, 11) is 0. The topological polar surface area (TPSA) is 149 Å². The van der Waals surface area contributed by atoms with Crippen molar-refractivity contribution in [3.05, 3.63) is 60.8 Å². The van der Waals surface area contributed by atoms with E-state index < -0.39 is 49.5 Å². The van der Waals surface area contributed by atoms with Gasteiger partial charge in [-0.1, -0.05) is 248 Å². The molecule has 0 spiro atoms. The number of hydrogen-bond acceptors (Lipinski definition) is 8. The summed E-state index contributed by atoms with van der Waals surface area (Å²) in [5, 5.41) is 54.3. The molecule has 1 aliphatic rings. The van der Waals surface area contributed by atoms with Crippen molar-refractivity contribution < 1.29 is 39.8 Å². The first kappa shape index (κ1) is 64.9. The molecule has 1 heterocycles. The van der Waals surface area contributed by atoms with Crippen LogP contribution in [0.4, 0.5) is 0 Å². The van der Waals surface area contributed by atoms with Crippen LogP contribution in [-0.4, -0.2) is 87.5 Å². The van der Waals surface area contributed by atoms with Gasteiger partial charge in [-0.3, -0.25) is 4.79 Å². The number of ether oxygens (including phenoxy) is 2. The summed E-state index contributed by atoms with van der Waals surface area (Å²) < 4.78 is 11.2. The van der Waals surface area contributed by atoms with E-state index in [0.29, 0.717) is 12.8 Å². The molecule has 402 valence electrons. The zero-order valence-electron chi connectivity index (χ0n) is 44.6. The van der Waals surface area contributed by atoms with Crippen LogP contribution in [0.25, 0.3) is 0 Å². The minimum Gasteiger partial charge on any atom is -0.394 e. The molecule has 9 nitrogen and oxygen atoms in total. The predicted molar refractivity (Wildman–Crippen MR) is 290 cm³/mol. The minimum atomic E-state index is -1.58. The molecule has 7 atom stereocenters. The summed E-state index contributed by atoms with van der Waals surface area (Å²) >= 11 is 0. The molecular formula is C60H109NO8. The number of hydrogen-bond donors (Lipinski definition) is 6. The van der Waals surface area contributed by atoms with Crippen molar-refractivity contribution in [3.8, 4) is 0 Å². The average molecular weight is 973 g/mol. The van der Waals surface area contributed by atoms with Crippen molar-refractivity contribution in [1.29, 1.82) is 0 Å². The molecule has 0 radical (unpaired) electrons. The number of aliphatic hydroxyl groups excluding tert-OH is 5. The van der Waals surface area contributed by atoms with Crippen LogP contribution in [0.1, 0.15) is 258 Å². The number of amides is 1. The number of allylic oxidation sites excluding steroid dienone is 9. The van der Waals surface area contributed by atoms with Crippen molar-refractivity contribution >= 4 is 5.91 Å². The van der Waals surface area contributed by atoms with Crippen LogP contribution in [0.5, 0.6) is 0 Å². The number of aliphatic hydroxyl groups is 5. The molecule has 1 rings (SSSR count). The largest absolute Gasteiger partial charge is 0.394 e. The van der Waals surface area contributed by atoms with Gasteiger partial charge in [0.15, 0.2) is 6.29 Å². The van der Waals surface area contributed by atoms with Gasteiger partial charge in [-0.05, 0) is 64.2 Å². The Labute approximate surface area is 424 Å². The Kier molecular flexibility index (Phi) is 46.5. The van der Waals surface area contributed by atoms with Crippen LogP contribution < -0.4 is 5.32 Å². The first-order valence-corrected chi connectivity index (χ1v) is 29.0. The maximum absolute atomic E-state index is 13.0. The van der Waals surface area contributed by atoms with Crippen LogP contribution in [0.3, 0.4) is 0 Å². The molecule has 0 aliphatic carbocycles. The molecule has 0 saturated carbocycles. The van der Waals surface area contributed by atoms with E-state index in [1.165, 1.54) is 173 Å². The Morgan fingerprint density at radius 3 is 1.39 bits per heavy atom. The second-order valence-corrected chi connectivity index (χ2v) is 20.0. The van der Waals surface area contributed by atoms with Crippen LogP contribution in [-0.2, 0) is 14.3 Å². The summed E-state index contributed by atoms with van der Waals surface area (Å²) in [6.07, 6.45) is 60.4. The first-order chi connectivity index (χ1) is 33.8. The Bertz CT molecular complexity index is 1270. The van der Waals surface area contributed by atoms with Crippen LogP contribution in [0, 0.1) is 0 Å². The third kappa shape index (κ3) is 39.1. The van der Waals surface area contributed by atoms with E-state index in [1.807, 2.05) is 6.08 Å². The molecule has 6 N–H and O–H groups in total. The third-order valence-corrected chi connectivity index (χ3v) is 13.6. The van der Waals surface area contributed by atoms with Gasteiger partial charge >= 0.3 is 0 Å². The van der Waals surface area contributed by atoms with Crippen molar-refractivity contribution in [2.45, 2.75) is 301 Å². The van der Waals surface area contributed by atoms with Gasteiger partial charge in [-0.2, -0.15) is 0 Å².